The molecule has 6 nitrogen and oxygen atoms in total. The van der Waals surface area contributed by atoms with Crippen molar-refractivity contribution in [2.45, 2.75) is 9.96 Å². The number of benzene rings is 2. The minimum Gasteiger partial charge on any atom is -0.465 e. The van der Waals surface area contributed by atoms with E-state index in [-0.39, 0.29) is 10.7 Å². The number of alkyl halides is 3. The van der Waals surface area contributed by atoms with Gasteiger partial charge < -0.3 is 20.7 Å². The molecule has 3 N–H and O–H groups in total. The summed E-state index contributed by atoms with van der Waals surface area (Å²) in [7, 11) is 1.27. The maximum absolute atomic E-state index is 12.5. The van der Waals surface area contributed by atoms with Gasteiger partial charge in [0.2, 0.25) is 3.79 Å². The van der Waals surface area contributed by atoms with E-state index in [4.69, 9.17) is 51.8 Å². The van der Waals surface area contributed by atoms with Crippen molar-refractivity contribution in [3.05, 3.63) is 63.2 Å². The smallest absolute Gasteiger partial charge is 0.339 e. The Morgan fingerprint density at radius 2 is 1.69 bits per heavy atom. The number of hydrogen-bond donors (Lipinski definition) is 3. The number of rotatable bonds is 5. The number of para-hydroxylation sites is 1. The summed E-state index contributed by atoms with van der Waals surface area (Å²) in [4.78, 5) is 24.4. The van der Waals surface area contributed by atoms with E-state index < -0.39 is 21.8 Å². The first-order valence-electron chi connectivity index (χ1n) is 8.00. The minimum atomic E-state index is -1.91. The van der Waals surface area contributed by atoms with E-state index in [2.05, 4.69) is 38.5 Å². The highest BCUT2D eigenvalue weighted by atomic mass is 127. The Balaban J connectivity index is 2.13. The molecule has 11 heteroatoms. The van der Waals surface area contributed by atoms with Gasteiger partial charge in [0.1, 0.15) is 6.17 Å². The Labute approximate surface area is 201 Å². The largest absolute Gasteiger partial charge is 0.465 e. The van der Waals surface area contributed by atoms with E-state index in [1.165, 1.54) is 7.11 Å². The first kappa shape index (κ1) is 23.9. The molecule has 2 aromatic carbocycles. The molecule has 2 aromatic rings. The molecule has 0 aliphatic carbocycles. The lowest BCUT2D eigenvalue weighted by molar-refractivity contribution is 0.0601. The number of thiocarbonyl (C=S) groups is 1. The summed E-state index contributed by atoms with van der Waals surface area (Å²) in [5.74, 6) is -0.996. The highest BCUT2D eigenvalue weighted by molar-refractivity contribution is 14.1. The van der Waals surface area contributed by atoms with Crippen molar-refractivity contribution < 1.29 is 14.3 Å². The van der Waals surface area contributed by atoms with Crippen molar-refractivity contribution in [3.63, 3.8) is 0 Å². The standard InChI is InChI=1S/C18H15Cl3IN3O3S/c1-28-15(27)12-4-2-3-5-13(12)23-17(29)25-16(18(19,20)21)24-14(26)10-6-8-11(22)9-7-10/h2-9,16H,1H3,(H,24,26)(H2,23,25,29). The number of hydrogen-bond acceptors (Lipinski definition) is 4. The fraction of sp³-hybridized carbons (Fsp3) is 0.167. The van der Waals surface area contributed by atoms with Crippen molar-refractivity contribution in [2.24, 2.45) is 0 Å². The van der Waals surface area contributed by atoms with Gasteiger partial charge in [-0.1, -0.05) is 46.9 Å². The van der Waals surface area contributed by atoms with Gasteiger partial charge in [-0.05, 0) is 71.2 Å². The molecule has 0 aliphatic rings. The van der Waals surface area contributed by atoms with Gasteiger partial charge in [-0.15, -0.1) is 0 Å². The molecule has 0 heterocycles. The number of amides is 1. The van der Waals surface area contributed by atoms with Crippen LogP contribution in [0.15, 0.2) is 48.5 Å². The van der Waals surface area contributed by atoms with Crippen LogP contribution < -0.4 is 16.0 Å². The van der Waals surface area contributed by atoms with E-state index >= 15 is 0 Å². The van der Waals surface area contributed by atoms with E-state index in [0.29, 0.717) is 11.3 Å². The van der Waals surface area contributed by atoms with Crippen LogP contribution in [0.3, 0.4) is 0 Å². The summed E-state index contributed by atoms with van der Waals surface area (Å²) >= 11 is 25.4. The molecule has 1 atom stereocenters. The van der Waals surface area contributed by atoms with Gasteiger partial charge in [-0.25, -0.2) is 4.79 Å². The molecular weight excluding hydrogens is 572 g/mol. The predicted octanol–water partition coefficient (Wildman–Crippen LogP) is 4.49. The average molecular weight is 587 g/mol. The molecule has 0 fully saturated rings. The molecule has 1 unspecified atom stereocenters. The maximum atomic E-state index is 12.5. The summed E-state index contributed by atoms with van der Waals surface area (Å²) in [6.07, 6.45) is -1.15. The number of halogens is 4. The summed E-state index contributed by atoms with van der Waals surface area (Å²) in [6.45, 7) is 0. The van der Waals surface area contributed by atoms with Crippen LogP contribution in [0.2, 0.25) is 0 Å². The zero-order valence-electron chi connectivity index (χ0n) is 14.8. The van der Waals surface area contributed by atoms with Crippen LogP contribution in [0.4, 0.5) is 5.69 Å². The molecular formula is C18H15Cl3IN3O3S. The molecule has 154 valence electrons. The van der Waals surface area contributed by atoms with Gasteiger partial charge in [0.05, 0.1) is 18.4 Å². The number of carbonyl (C=O) groups excluding carboxylic acids is 2. The van der Waals surface area contributed by atoms with Gasteiger partial charge in [-0.3, -0.25) is 4.79 Å². The zero-order chi connectivity index (χ0) is 21.6. The third-order valence-corrected chi connectivity index (χ3v) is 5.16. The van der Waals surface area contributed by atoms with Gasteiger partial charge >= 0.3 is 5.97 Å². The molecule has 1 amide bonds. The lowest BCUT2D eigenvalue weighted by Crippen LogP contribution is -2.56. The van der Waals surface area contributed by atoms with E-state index in [0.717, 1.165) is 3.57 Å². The summed E-state index contributed by atoms with van der Waals surface area (Å²) < 4.78 is 3.81. The molecule has 0 aromatic heterocycles. The number of nitrogens with one attached hydrogen (secondary N) is 3. The van der Waals surface area contributed by atoms with Crippen LogP contribution in [0.25, 0.3) is 0 Å². The molecule has 0 bridgehead atoms. The topological polar surface area (TPSA) is 79.5 Å². The monoisotopic (exact) mass is 585 g/mol. The SMILES string of the molecule is COC(=O)c1ccccc1NC(=S)NC(NC(=O)c1ccc(I)cc1)C(Cl)(Cl)Cl. The van der Waals surface area contributed by atoms with E-state index in [1.54, 1.807) is 48.5 Å². The molecule has 29 heavy (non-hydrogen) atoms. The lowest BCUT2D eigenvalue weighted by Gasteiger charge is -2.28. The fourth-order valence-corrected chi connectivity index (χ4v) is 3.10. The second kappa shape index (κ2) is 10.6. The Morgan fingerprint density at radius 3 is 2.28 bits per heavy atom. The summed E-state index contributed by atoms with van der Waals surface area (Å²) in [5, 5.41) is 8.20. The van der Waals surface area contributed by atoms with Crippen LogP contribution in [0.5, 0.6) is 0 Å². The highest BCUT2D eigenvalue weighted by Gasteiger charge is 2.35. The normalized spacial score (nSPS) is 11.9. The number of anilines is 1. The molecule has 0 spiro atoms. The molecule has 2 rings (SSSR count). The summed E-state index contributed by atoms with van der Waals surface area (Å²) in [5.41, 5.74) is 1.05. The lowest BCUT2D eigenvalue weighted by atomic mass is 10.2. The second-order valence-electron chi connectivity index (χ2n) is 5.59. The number of carbonyl (C=O) groups is 2. The maximum Gasteiger partial charge on any atom is 0.339 e. The van der Waals surface area contributed by atoms with Crippen LogP contribution in [-0.2, 0) is 4.74 Å². The zero-order valence-corrected chi connectivity index (χ0v) is 20.1. The first-order chi connectivity index (χ1) is 13.6. The van der Waals surface area contributed by atoms with E-state index in [9.17, 15) is 9.59 Å². The van der Waals surface area contributed by atoms with Crippen molar-refractivity contribution in [1.29, 1.82) is 0 Å². The van der Waals surface area contributed by atoms with Crippen molar-refractivity contribution >= 4 is 92.3 Å². The highest BCUT2D eigenvalue weighted by Crippen LogP contribution is 2.29. The van der Waals surface area contributed by atoms with Crippen molar-refractivity contribution in [3.8, 4) is 0 Å². The minimum absolute atomic E-state index is 0.0283. The molecule has 0 radical (unpaired) electrons. The predicted molar refractivity (Wildman–Crippen MR) is 128 cm³/mol. The van der Waals surface area contributed by atoms with Crippen molar-refractivity contribution in [1.82, 2.24) is 10.6 Å². The third-order valence-electron chi connectivity index (χ3n) is 3.57. The Hall–Kier alpha value is -1.33. The van der Waals surface area contributed by atoms with Crippen LogP contribution in [0, 0.1) is 3.57 Å². The van der Waals surface area contributed by atoms with Gasteiger partial charge in [-0.2, -0.15) is 0 Å². The Bertz CT molecular complexity index is 907. The van der Waals surface area contributed by atoms with Crippen LogP contribution in [-0.4, -0.2) is 34.1 Å². The van der Waals surface area contributed by atoms with Gasteiger partial charge in [0.15, 0.2) is 5.11 Å². The van der Waals surface area contributed by atoms with Gasteiger partial charge in [0.25, 0.3) is 5.91 Å². The Morgan fingerprint density at radius 1 is 1.07 bits per heavy atom. The average Bonchev–Trinajstić information content (AvgIpc) is 2.67. The van der Waals surface area contributed by atoms with Crippen molar-refractivity contribution in [2.75, 3.05) is 12.4 Å². The number of methoxy groups -OCH3 is 1. The number of esters is 1. The quantitative estimate of drug-likeness (QED) is 0.158. The second-order valence-corrected chi connectivity index (χ2v) is 9.61. The van der Waals surface area contributed by atoms with Crippen LogP contribution in [0.1, 0.15) is 20.7 Å². The summed E-state index contributed by atoms with van der Waals surface area (Å²) in [6, 6.07) is 13.5. The first-order valence-corrected chi connectivity index (χ1v) is 10.6. The molecule has 0 saturated heterocycles. The Kier molecular flexibility index (Phi) is 8.77. The fourth-order valence-electron chi connectivity index (χ4n) is 2.19. The van der Waals surface area contributed by atoms with Crippen LogP contribution >= 0.6 is 69.6 Å². The molecule has 0 aliphatic heterocycles. The van der Waals surface area contributed by atoms with Gasteiger partial charge in [0, 0.05) is 9.13 Å². The number of ether oxygens (including phenoxy) is 1. The van der Waals surface area contributed by atoms with E-state index in [1.807, 2.05) is 0 Å². The third kappa shape index (κ3) is 7.14. The molecule has 0 saturated carbocycles.